The highest BCUT2D eigenvalue weighted by Gasteiger charge is 2.08. The third-order valence-electron chi connectivity index (χ3n) is 2.92. The summed E-state index contributed by atoms with van der Waals surface area (Å²) < 4.78 is 1.17. The molecular formula is C16H16INO. The van der Waals surface area contributed by atoms with Crippen molar-refractivity contribution in [2.45, 2.75) is 20.8 Å². The molecule has 0 bridgehead atoms. The number of rotatable bonds is 2. The van der Waals surface area contributed by atoms with Gasteiger partial charge in [-0.1, -0.05) is 17.2 Å². The monoisotopic (exact) mass is 365 g/mol. The number of halogens is 1. The molecule has 0 radical (unpaired) electrons. The summed E-state index contributed by atoms with van der Waals surface area (Å²) in [5.74, 6) is -0.0592. The van der Waals surface area contributed by atoms with Crippen molar-refractivity contribution in [2.24, 2.45) is 0 Å². The second kappa shape index (κ2) is 5.74. The van der Waals surface area contributed by atoms with Crippen LogP contribution < -0.4 is 5.32 Å². The van der Waals surface area contributed by atoms with E-state index in [0.29, 0.717) is 5.56 Å². The minimum atomic E-state index is -0.0592. The highest BCUT2D eigenvalue weighted by Crippen LogP contribution is 2.19. The number of benzene rings is 2. The molecule has 0 aliphatic heterocycles. The maximum Gasteiger partial charge on any atom is 0.255 e. The van der Waals surface area contributed by atoms with E-state index in [1.54, 1.807) is 0 Å². The van der Waals surface area contributed by atoms with Crippen molar-refractivity contribution in [3.63, 3.8) is 0 Å². The molecule has 2 aromatic carbocycles. The van der Waals surface area contributed by atoms with Gasteiger partial charge in [-0.2, -0.15) is 0 Å². The normalized spacial score (nSPS) is 10.3. The minimum absolute atomic E-state index is 0.0592. The van der Waals surface area contributed by atoms with E-state index in [2.05, 4.69) is 40.0 Å². The topological polar surface area (TPSA) is 29.1 Å². The second-order valence-electron chi connectivity index (χ2n) is 4.79. The van der Waals surface area contributed by atoms with Crippen molar-refractivity contribution in [1.82, 2.24) is 0 Å². The van der Waals surface area contributed by atoms with Crippen LogP contribution >= 0.6 is 22.6 Å². The van der Waals surface area contributed by atoms with E-state index in [-0.39, 0.29) is 5.91 Å². The Morgan fingerprint density at radius 2 is 1.63 bits per heavy atom. The molecule has 2 aromatic rings. The van der Waals surface area contributed by atoms with Crippen molar-refractivity contribution < 1.29 is 4.79 Å². The van der Waals surface area contributed by atoms with Crippen LogP contribution in [0, 0.1) is 24.3 Å². The summed E-state index contributed by atoms with van der Waals surface area (Å²) in [5.41, 5.74) is 4.85. The summed E-state index contributed by atoms with van der Waals surface area (Å²) in [4.78, 5) is 12.2. The third-order valence-corrected chi connectivity index (χ3v) is 3.59. The quantitative estimate of drug-likeness (QED) is 0.782. The number of hydrogen-bond acceptors (Lipinski definition) is 1. The highest BCUT2D eigenvalue weighted by molar-refractivity contribution is 14.1. The highest BCUT2D eigenvalue weighted by atomic mass is 127. The average molecular weight is 365 g/mol. The van der Waals surface area contributed by atoms with E-state index < -0.39 is 0 Å². The maximum atomic E-state index is 12.2. The molecule has 19 heavy (non-hydrogen) atoms. The molecule has 2 rings (SSSR count). The first kappa shape index (κ1) is 14.1. The molecule has 0 aliphatic carbocycles. The van der Waals surface area contributed by atoms with Gasteiger partial charge in [-0.15, -0.1) is 0 Å². The molecule has 1 N–H and O–H groups in total. The summed E-state index contributed by atoms with van der Waals surface area (Å²) in [5, 5.41) is 2.97. The van der Waals surface area contributed by atoms with Crippen molar-refractivity contribution in [1.29, 1.82) is 0 Å². The second-order valence-corrected chi connectivity index (χ2v) is 6.04. The van der Waals surface area contributed by atoms with Gasteiger partial charge in [-0.3, -0.25) is 4.79 Å². The lowest BCUT2D eigenvalue weighted by molar-refractivity contribution is 0.102. The smallest absolute Gasteiger partial charge is 0.255 e. The molecule has 0 heterocycles. The standard InChI is InChI=1S/C16H16INO/c1-10-6-11(2)8-13(7-10)16(19)18-15-5-4-14(17)9-12(15)3/h4-9H,1-3H3,(H,18,19). The fraction of sp³-hybridized carbons (Fsp3) is 0.188. The van der Waals surface area contributed by atoms with E-state index in [1.165, 1.54) is 3.57 Å². The SMILES string of the molecule is Cc1cc(C)cc(C(=O)Nc2ccc(I)cc2C)c1. The zero-order chi connectivity index (χ0) is 14.0. The summed E-state index contributed by atoms with van der Waals surface area (Å²) in [7, 11) is 0. The van der Waals surface area contributed by atoms with Crippen molar-refractivity contribution in [3.05, 3.63) is 62.2 Å². The van der Waals surface area contributed by atoms with Crippen LogP contribution in [0.2, 0.25) is 0 Å². The molecule has 3 heteroatoms. The molecule has 0 fully saturated rings. The number of carbonyl (C=O) groups is 1. The summed E-state index contributed by atoms with van der Waals surface area (Å²) >= 11 is 2.26. The van der Waals surface area contributed by atoms with Crippen LogP contribution in [0.15, 0.2) is 36.4 Å². The van der Waals surface area contributed by atoms with Gasteiger partial charge >= 0.3 is 0 Å². The lowest BCUT2D eigenvalue weighted by atomic mass is 10.1. The van der Waals surface area contributed by atoms with E-state index in [9.17, 15) is 4.79 Å². The molecule has 0 spiro atoms. The number of aryl methyl sites for hydroxylation is 3. The van der Waals surface area contributed by atoms with E-state index in [0.717, 1.165) is 22.4 Å². The number of amides is 1. The molecular weight excluding hydrogens is 349 g/mol. The Kier molecular flexibility index (Phi) is 4.24. The van der Waals surface area contributed by atoms with Crippen LogP contribution in [0.3, 0.4) is 0 Å². The summed E-state index contributed by atoms with van der Waals surface area (Å²) in [6.45, 7) is 6.00. The molecule has 0 saturated heterocycles. The van der Waals surface area contributed by atoms with Gasteiger partial charge in [0.25, 0.3) is 5.91 Å². The van der Waals surface area contributed by atoms with Gasteiger partial charge in [-0.05, 0) is 79.3 Å². The number of hydrogen-bond donors (Lipinski definition) is 1. The number of anilines is 1. The van der Waals surface area contributed by atoms with Crippen LogP contribution in [0.25, 0.3) is 0 Å². The first-order chi connectivity index (χ1) is 8.95. The minimum Gasteiger partial charge on any atom is -0.322 e. The summed E-state index contributed by atoms with van der Waals surface area (Å²) in [6.07, 6.45) is 0. The molecule has 0 saturated carbocycles. The van der Waals surface area contributed by atoms with Gasteiger partial charge in [0.2, 0.25) is 0 Å². The lowest BCUT2D eigenvalue weighted by Crippen LogP contribution is -2.13. The number of carbonyl (C=O) groups excluding carboxylic acids is 1. The Hall–Kier alpha value is -1.36. The Morgan fingerprint density at radius 3 is 2.21 bits per heavy atom. The van der Waals surface area contributed by atoms with Crippen LogP contribution in [-0.2, 0) is 0 Å². The lowest BCUT2D eigenvalue weighted by Gasteiger charge is -2.10. The van der Waals surface area contributed by atoms with Crippen molar-refractivity contribution in [3.8, 4) is 0 Å². The van der Waals surface area contributed by atoms with Crippen molar-refractivity contribution in [2.75, 3.05) is 5.32 Å². The van der Waals surface area contributed by atoms with Gasteiger partial charge < -0.3 is 5.32 Å². The van der Waals surface area contributed by atoms with Crippen LogP contribution in [-0.4, -0.2) is 5.91 Å². The maximum absolute atomic E-state index is 12.2. The molecule has 2 nitrogen and oxygen atoms in total. The predicted molar refractivity (Wildman–Crippen MR) is 87.8 cm³/mol. The Labute approximate surface area is 127 Å². The van der Waals surface area contributed by atoms with Crippen LogP contribution in [0.1, 0.15) is 27.0 Å². The molecule has 0 atom stereocenters. The number of nitrogens with one attached hydrogen (secondary N) is 1. The van der Waals surface area contributed by atoms with Crippen LogP contribution in [0.5, 0.6) is 0 Å². The first-order valence-corrected chi connectivity index (χ1v) is 7.19. The molecule has 1 amide bonds. The average Bonchev–Trinajstić information content (AvgIpc) is 2.31. The molecule has 0 aliphatic rings. The fourth-order valence-electron chi connectivity index (χ4n) is 2.07. The fourth-order valence-corrected chi connectivity index (χ4v) is 2.71. The predicted octanol–water partition coefficient (Wildman–Crippen LogP) is 4.47. The van der Waals surface area contributed by atoms with E-state index in [1.807, 2.05) is 45.0 Å². The molecule has 0 unspecified atom stereocenters. The molecule has 0 aromatic heterocycles. The van der Waals surface area contributed by atoms with Gasteiger partial charge in [0, 0.05) is 14.8 Å². The Morgan fingerprint density at radius 1 is 1.00 bits per heavy atom. The van der Waals surface area contributed by atoms with Gasteiger partial charge in [0.05, 0.1) is 0 Å². The molecule has 98 valence electrons. The van der Waals surface area contributed by atoms with E-state index >= 15 is 0 Å². The zero-order valence-electron chi connectivity index (χ0n) is 11.3. The van der Waals surface area contributed by atoms with Gasteiger partial charge in [0.1, 0.15) is 0 Å². The largest absolute Gasteiger partial charge is 0.322 e. The Bertz CT molecular complexity index is 614. The van der Waals surface area contributed by atoms with E-state index in [4.69, 9.17) is 0 Å². The van der Waals surface area contributed by atoms with Gasteiger partial charge in [0.15, 0.2) is 0 Å². The van der Waals surface area contributed by atoms with Gasteiger partial charge in [-0.25, -0.2) is 0 Å². The zero-order valence-corrected chi connectivity index (χ0v) is 13.4. The van der Waals surface area contributed by atoms with Crippen LogP contribution in [0.4, 0.5) is 5.69 Å². The Balaban J connectivity index is 2.25. The third kappa shape index (κ3) is 3.56. The van der Waals surface area contributed by atoms with Crippen molar-refractivity contribution >= 4 is 34.2 Å². The summed E-state index contributed by atoms with van der Waals surface area (Å²) in [6, 6.07) is 11.9. The first-order valence-electron chi connectivity index (χ1n) is 6.11.